The molecular formula is C20H23N3O3S. The number of aromatic amines is 1. The van der Waals surface area contributed by atoms with Crippen LogP contribution in [0.4, 0.5) is 0 Å². The van der Waals surface area contributed by atoms with Crippen molar-refractivity contribution in [1.29, 1.82) is 0 Å². The lowest BCUT2D eigenvalue weighted by molar-refractivity contribution is -0.144. The molecule has 0 saturated carbocycles. The minimum absolute atomic E-state index is 0.658. The molecule has 1 fully saturated rings. The van der Waals surface area contributed by atoms with Gasteiger partial charge in [0.1, 0.15) is 11.8 Å². The van der Waals surface area contributed by atoms with Gasteiger partial charge in [-0.15, -0.1) is 11.3 Å². The Kier molecular flexibility index (Phi) is 5.15. The van der Waals surface area contributed by atoms with Crippen LogP contribution < -0.4 is 4.74 Å². The van der Waals surface area contributed by atoms with Crippen molar-refractivity contribution >= 4 is 28.2 Å². The summed E-state index contributed by atoms with van der Waals surface area (Å²) in [4.78, 5) is 21.1. The third-order valence-electron chi connectivity index (χ3n) is 5.18. The Morgan fingerprint density at radius 1 is 1.30 bits per heavy atom. The number of nitrogens with one attached hydrogen (secondary N) is 1. The van der Waals surface area contributed by atoms with Crippen molar-refractivity contribution in [3.63, 3.8) is 0 Å². The molecule has 1 aliphatic heterocycles. The number of hydrogen-bond donors (Lipinski definition) is 2. The van der Waals surface area contributed by atoms with E-state index < -0.39 is 12.0 Å². The van der Waals surface area contributed by atoms with E-state index in [1.807, 2.05) is 24.4 Å². The second-order valence-electron chi connectivity index (χ2n) is 6.79. The third-order valence-corrected chi connectivity index (χ3v) is 6.04. The van der Waals surface area contributed by atoms with Crippen molar-refractivity contribution in [2.75, 3.05) is 33.3 Å². The Morgan fingerprint density at radius 2 is 2.11 bits per heavy atom. The number of thiophene rings is 1. The van der Waals surface area contributed by atoms with Gasteiger partial charge >= 0.3 is 5.97 Å². The number of carboxylic acid groups (broad SMARTS) is 1. The number of carbonyl (C=O) groups is 1. The highest BCUT2D eigenvalue weighted by Gasteiger charge is 2.32. The zero-order valence-corrected chi connectivity index (χ0v) is 16.0. The second-order valence-corrected chi connectivity index (χ2v) is 7.82. The standard InChI is InChI=1S/C20H23N3O3S/c1-26-14-4-5-18-16(11-14)17(12-21-18)19(20(24)25)23-8-6-22(7-9-23)13-15-3-2-10-27-15/h2-5,10-12,19,21H,6-9,13H2,1H3,(H,24,25). The first-order valence-corrected chi connectivity index (χ1v) is 9.90. The number of H-pyrrole nitrogens is 1. The Morgan fingerprint density at radius 3 is 2.78 bits per heavy atom. The summed E-state index contributed by atoms with van der Waals surface area (Å²) in [7, 11) is 1.62. The maximum absolute atomic E-state index is 12.1. The lowest BCUT2D eigenvalue weighted by Crippen LogP contribution is -2.48. The number of rotatable bonds is 6. The molecule has 2 N–H and O–H groups in total. The van der Waals surface area contributed by atoms with Crippen LogP contribution in [0.5, 0.6) is 5.75 Å². The van der Waals surface area contributed by atoms with Crippen LogP contribution >= 0.6 is 11.3 Å². The number of methoxy groups -OCH3 is 1. The fourth-order valence-corrected chi connectivity index (χ4v) is 4.51. The molecular weight excluding hydrogens is 362 g/mol. The summed E-state index contributed by atoms with van der Waals surface area (Å²) >= 11 is 1.77. The zero-order chi connectivity index (χ0) is 18.8. The highest BCUT2D eigenvalue weighted by molar-refractivity contribution is 7.09. The van der Waals surface area contributed by atoms with Crippen LogP contribution in [0.1, 0.15) is 16.5 Å². The Hall–Kier alpha value is -2.35. The summed E-state index contributed by atoms with van der Waals surface area (Å²) in [6, 6.07) is 9.27. The number of hydrogen-bond acceptors (Lipinski definition) is 5. The van der Waals surface area contributed by atoms with Gasteiger partial charge in [0, 0.05) is 60.3 Å². The van der Waals surface area contributed by atoms with Crippen LogP contribution in [0, 0.1) is 0 Å². The fourth-order valence-electron chi connectivity index (χ4n) is 3.76. The first-order chi connectivity index (χ1) is 13.2. The zero-order valence-electron chi connectivity index (χ0n) is 15.2. The van der Waals surface area contributed by atoms with Gasteiger partial charge in [0.05, 0.1) is 7.11 Å². The van der Waals surface area contributed by atoms with Gasteiger partial charge in [-0.3, -0.25) is 14.6 Å². The van der Waals surface area contributed by atoms with E-state index in [2.05, 4.69) is 32.3 Å². The average molecular weight is 385 g/mol. The van der Waals surface area contributed by atoms with Crippen molar-refractivity contribution < 1.29 is 14.6 Å². The summed E-state index contributed by atoms with van der Waals surface area (Å²) in [5.41, 5.74) is 1.72. The molecule has 1 aliphatic rings. The smallest absolute Gasteiger partial charge is 0.325 e. The third kappa shape index (κ3) is 3.71. The highest BCUT2D eigenvalue weighted by atomic mass is 32.1. The van der Waals surface area contributed by atoms with Crippen LogP contribution in [-0.4, -0.2) is 59.1 Å². The van der Waals surface area contributed by atoms with Gasteiger partial charge in [-0.05, 0) is 29.6 Å². The van der Waals surface area contributed by atoms with E-state index >= 15 is 0 Å². The minimum atomic E-state index is -0.814. The van der Waals surface area contributed by atoms with Crippen molar-refractivity contribution in [3.8, 4) is 5.75 Å². The van der Waals surface area contributed by atoms with Crippen LogP contribution in [0.2, 0.25) is 0 Å². The van der Waals surface area contributed by atoms with Crippen molar-refractivity contribution in [2.24, 2.45) is 0 Å². The van der Waals surface area contributed by atoms with Gasteiger partial charge in [0.15, 0.2) is 0 Å². The fraction of sp³-hybridized carbons (Fsp3) is 0.350. The van der Waals surface area contributed by atoms with E-state index in [0.29, 0.717) is 0 Å². The minimum Gasteiger partial charge on any atom is -0.497 e. The van der Waals surface area contributed by atoms with E-state index in [9.17, 15) is 9.90 Å². The molecule has 0 radical (unpaired) electrons. The van der Waals surface area contributed by atoms with Gasteiger partial charge in [0.25, 0.3) is 0 Å². The molecule has 0 bridgehead atoms. The quantitative estimate of drug-likeness (QED) is 0.682. The largest absolute Gasteiger partial charge is 0.497 e. The van der Waals surface area contributed by atoms with Crippen LogP contribution in [0.15, 0.2) is 41.9 Å². The number of nitrogens with zero attached hydrogens (tertiary/aromatic N) is 2. The Balaban J connectivity index is 1.53. The molecule has 1 atom stereocenters. The summed E-state index contributed by atoms with van der Waals surface area (Å²) in [6.45, 7) is 4.15. The van der Waals surface area contributed by atoms with Gasteiger partial charge in [-0.25, -0.2) is 0 Å². The molecule has 0 spiro atoms. The van der Waals surface area contributed by atoms with Crippen LogP contribution in [-0.2, 0) is 11.3 Å². The molecule has 6 nitrogen and oxygen atoms in total. The average Bonchev–Trinajstić information content (AvgIpc) is 3.33. The van der Waals surface area contributed by atoms with E-state index in [1.54, 1.807) is 18.4 Å². The molecule has 1 saturated heterocycles. The van der Waals surface area contributed by atoms with E-state index in [1.165, 1.54) is 4.88 Å². The van der Waals surface area contributed by atoms with Crippen molar-refractivity contribution in [1.82, 2.24) is 14.8 Å². The molecule has 2 aromatic heterocycles. The summed E-state index contributed by atoms with van der Waals surface area (Å²) in [5, 5.41) is 13.0. The lowest BCUT2D eigenvalue weighted by atomic mass is 10.0. The number of fused-ring (bicyclic) bond motifs is 1. The lowest BCUT2D eigenvalue weighted by Gasteiger charge is -2.37. The molecule has 7 heteroatoms. The summed E-state index contributed by atoms with van der Waals surface area (Å²) in [6.07, 6.45) is 1.82. The summed E-state index contributed by atoms with van der Waals surface area (Å²) in [5.74, 6) is -0.0846. The number of aliphatic carboxylic acids is 1. The van der Waals surface area contributed by atoms with Gasteiger partial charge in [0.2, 0.25) is 0 Å². The molecule has 142 valence electrons. The molecule has 3 heterocycles. The Labute approximate surface area is 162 Å². The first kappa shape index (κ1) is 18.0. The second kappa shape index (κ2) is 7.72. The van der Waals surface area contributed by atoms with E-state index in [4.69, 9.17) is 4.74 Å². The van der Waals surface area contributed by atoms with Gasteiger partial charge in [-0.1, -0.05) is 6.07 Å². The number of ether oxygens (including phenoxy) is 1. The SMILES string of the molecule is COc1ccc2[nH]cc(C(C(=O)O)N3CCN(Cc4cccs4)CC3)c2c1. The van der Waals surface area contributed by atoms with Crippen LogP contribution in [0.25, 0.3) is 10.9 Å². The van der Waals surface area contributed by atoms with Crippen LogP contribution in [0.3, 0.4) is 0 Å². The first-order valence-electron chi connectivity index (χ1n) is 9.02. The molecule has 27 heavy (non-hydrogen) atoms. The Bertz CT molecular complexity index is 914. The van der Waals surface area contributed by atoms with Gasteiger partial charge < -0.3 is 14.8 Å². The predicted molar refractivity (Wildman–Crippen MR) is 106 cm³/mol. The van der Waals surface area contributed by atoms with Crippen molar-refractivity contribution in [2.45, 2.75) is 12.6 Å². The number of piperazine rings is 1. The molecule has 0 amide bonds. The maximum atomic E-state index is 12.1. The molecule has 1 unspecified atom stereocenters. The topological polar surface area (TPSA) is 68.8 Å². The molecule has 3 aromatic rings. The normalized spacial score (nSPS) is 17.2. The highest BCUT2D eigenvalue weighted by Crippen LogP contribution is 2.32. The van der Waals surface area contributed by atoms with Crippen molar-refractivity contribution in [3.05, 3.63) is 52.3 Å². The van der Waals surface area contributed by atoms with Gasteiger partial charge in [-0.2, -0.15) is 0 Å². The molecule has 1 aromatic carbocycles. The van der Waals surface area contributed by atoms with E-state index in [-0.39, 0.29) is 0 Å². The molecule has 0 aliphatic carbocycles. The maximum Gasteiger partial charge on any atom is 0.325 e. The monoisotopic (exact) mass is 385 g/mol. The number of carboxylic acids is 1. The summed E-state index contributed by atoms with van der Waals surface area (Å²) < 4.78 is 5.32. The molecule has 4 rings (SSSR count). The number of benzene rings is 1. The van der Waals surface area contributed by atoms with E-state index in [0.717, 1.165) is 54.9 Å². The predicted octanol–water partition coefficient (Wildman–Crippen LogP) is 3.18. The number of aromatic nitrogens is 1.